The number of imidazole rings is 1. The molecule has 2 unspecified atom stereocenters. The summed E-state index contributed by atoms with van der Waals surface area (Å²) in [4.78, 5) is 45.4. The molecule has 2 aliphatic heterocycles. The molecule has 3 heterocycles. The minimum atomic E-state index is -0.867. The van der Waals surface area contributed by atoms with E-state index in [-0.39, 0.29) is 5.78 Å². The largest absolute Gasteiger partial charge is 0.497 e. The van der Waals surface area contributed by atoms with E-state index >= 15 is 0 Å². The van der Waals surface area contributed by atoms with Crippen LogP contribution in [0.1, 0.15) is 31.3 Å². The lowest BCUT2D eigenvalue weighted by molar-refractivity contribution is -0.682. The van der Waals surface area contributed by atoms with E-state index in [0.717, 1.165) is 22.0 Å². The van der Waals surface area contributed by atoms with E-state index in [2.05, 4.69) is 0 Å². The number of benzene rings is 1. The normalized spacial score (nSPS) is 18.3. The van der Waals surface area contributed by atoms with E-state index in [9.17, 15) is 14.4 Å². The molecule has 10 nitrogen and oxygen atoms in total. The van der Waals surface area contributed by atoms with Gasteiger partial charge in [-0.3, -0.25) is 14.5 Å². The van der Waals surface area contributed by atoms with Crippen molar-refractivity contribution in [3.8, 4) is 17.2 Å². The molecule has 0 aliphatic carbocycles. The summed E-state index contributed by atoms with van der Waals surface area (Å²) in [7, 11) is 4.71. The van der Waals surface area contributed by atoms with Crippen LogP contribution >= 0.6 is 0 Å². The molecule has 1 fully saturated rings. The molecular formula is C22H26N5O5+. The van der Waals surface area contributed by atoms with Crippen LogP contribution in [-0.2, 0) is 9.59 Å². The molecule has 0 radical (unpaired) electrons. The Balaban J connectivity index is 1.92. The molecule has 3 amide bonds. The van der Waals surface area contributed by atoms with Crippen LogP contribution < -0.4 is 14.0 Å². The van der Waals surface area contributed by atoms with Gasteiger partial charge in [0.2, 0.25) is 11.9 Å². The fraction of sp³-hybridized carbons (Fsp3) is 0.409. The van der Waals surface area contributed by atoms with Gasteiger partial charge in [-0.15, -0.1) is 0 Å². The zero-order valence-electron chi connectivity index (χ0n) is 19.2. The number of aliphatic imine (C=N–C) groups is 1. The van der Waals surface area contributed by atoms with Gasteiger partial charge in [-0.05, 0) is 39.8 Å². The smallest absolute Gasteiger partial charge is 0.407 e. The molecule has 4 rings (SSSR count). The first-order chi connectivity index (χ1) is 15.1. The van der Waals surface area contributed by atoms with Gasteiger partial charge in [-0.25, -0.2) is 14.3 Å². The van der Waals surface area contributed by atoms with Gasteiger partial charge in [-0.2, -0.15) is 4.57 Å². The minimum Gasteiger partial charge on any atom is -0.497 e. The highest BCUT2D eigenvalue weighted by molar-refractivity contribution is 6.20. The van der Waals surface area contributed by atoms with Gasteiger partial charge in [0, 0.05) is 13.1 Å². The summed E-state index contributed by atoms with van der Waals surface area (Å²) < 4.78 is 14.6. The van der Waals surface area contributed by atoms with Crippen LogP contribution in [0.5, 0.6) is 11.5 Å². The fourth-order valence-corrected chi connectivity index (χ4v) is 4.20. The zero-order valence-corrected chi connectivity index (χ0v) is 19.2. The summed E-state index contributed by atoms with van der Waals surface area (Å²) in [6.07, 6.45) is 0. The Bertz CT molecular complexity index is 1200. The van der Waals surface area contributed by atoms with Gasteiger partial charge in [-0.1, -0.05) is 4.99 Å². The minimum absolute atomic E-state index is 0.267. The number of nitrogens with zero attached hydrogens (tertiary/aromatic N) is 5. The highest BCUT2D eigenvalue weighted by Gasteiger charge is 2.55. The number of Topliss-reactive ketones (excluding diaryl/α,β-unsaturated/α-hetero) is 1. The number of amides is 3. The van der Waals surface area contributed by atoms with Gasteiger partial charge >= 0.3 is 12.0 Å². The van der Waals surface area contributed by atoms with E-state index in [0.29, 0.717) is 23.3 Å². The van der Waals surface area contributed by atoms with Gasteiger partial charge in [0.1, 0.15) is 22.8 Å². The first-order valence-electron chi connectivity index (χ1n) is 10.2. The second-order valence-corrected chi connectivity index (χ2v) is 7.92. The summed E-state index contributed by atoms with van der Waals surface area (Å²) in [6.45, 7) is 6.74. The molecule has 2 aromatic rings. The third-order valence-corrected chi connectivity index (χ3v) is 6.26. The molecule has 2 aliphatic rings. The number of ether oxygens (including phenoxy) is 2. The third-order valence-electron chi connectivity index (χ3n) is 6.26. The predicted octanol–water partition coefficient (Wildman–Crippen LogP) is 1.86. The second kappa shape index (κ2) is 7.47. The van der Waals surface area contributed by atoms with Crippen molar-refractivity contribution >= 4 is 29.5 Å². The maximum absolute atomic E-state index is 13.5. The van der Waals surface area contributed by atoms with Crippen LogP contribution in [0.3, 0.4) is 0 Å². The molecule has 0 N–H and O–H groups in total. The first kappa shape index (κ1) is 21.5. The maximum atomic E-state index is 13.5. The lowest BCUT2D eigenvalue weighted by Crippen LogP contribution is -2.65. The average Bonchev–Trinajstić information content (AvgIpc) is 3.27. The maximum Gasteiger partial charge on any atom is 0.407 e. The molecule has 1 aromatic carbocycles. The Morgan fingerprint density at radius 3 is 2.47 bits per heavy atom. The Labute approximate surface area is 185 Å². The monoisotopic (exact) mass is 440 g/mol. The molecule has 32 heavy (non-hydrogen) atoms. The Hall–Kier alpha value is -3.69. The number of likely N-dealkylation sites (N-methyl/N-ethyl adjacent to an activating group) is 1. The highest BCUT2D eigenvalue weighted by atomic mass is 16.5. The Kier molecular flexibility index (Phi) is 5.03. The first-order valence-corrected chi connectivity index (χ1v) is 10.2. The van der Waals surface area contributed by atoms with Crippen molar-refractivity contribution in [2.45, 2.75) is 39.8 Å². The predicted molar refractivity (Wildman–Crippen MR) is 115 cm³/mol. The van der Waals surface area contributed by atoms with Crippen LogP contribution in [0.15, 0.2) is 23.2 Å². The number of carbonyl (C=O) groups is 3. The lowest BCUT2D eigenvalue weighted by atomic mass is 10.1. The van der Waals surface area contributed by atoms with Gasteiger partial charge in [0.05, 0.1) is 20.3 Å². The van der Waals surface area contributed by atoms with E-state index < -0.39 is 24.0 Å². The fourth-order valence-electron chi connectivity index (χ4n) is 4.20. The number of hydrogen-bond donors (Lipinski definition) is 0. The van der Waals surface area contributed by atoms with E-state index in [1.54, 1.807) is 38.8 Å². The number of urea groups is 1. The summed E-state index contributed by atoms with van der Waals surface area (Å²) in [6, 6.07) is 3.17. The van der Waals surface area contributed by atoms with E-state index in [4.69, 9.17) is 14.5 Å². The van der Waals surface area contributed by atoms with Gasteiger partial charge in [0.25, 0.3) is 5.91 Å². The number of carbonyl (C=O) groups excluding carboxylic acids is 3. The van der Waals surface area contributed by atoms with Crippen LogP contribution in [-0.4, -0.2) is 65.2 Å². The number of rotatable bonds is 5. The second-order valence-electron chi connectivity index (χ2n) is 7.92. The van der Waals surface area contributed by atoms with Crippen molar-refractivity contribution in [2.24, 2.45) is 4.99 Å². The quantitative estimate of drug-likeness (QED) is 0.661. The molecule has 2 atom stereocenters. The van der Waals surface area contributed by atoms with Crippen molar-refractivity contribution in [2.75, 3.05) is 21.3 Å². The molecule has 0 spiro atoms. The standard InChI is InChI=1S/C22H26N5O5/c1-11-12(2)26-18-19(24(5)22(30)27(20(18)29)13(3)14(4)28)23-21(26)25(11)16-9-8-15(31-6)10-17(16)32-7/h8-10,13,18H,1-7H3/q+1. The number of fused-ring (bicyclic) bond motifs is 3. The van der Waals surface area contributed by atoms with Gasteiger partial charge in [0.15, 0.2) is 11.5 Å². The molecule has 10 heteroatoms. The van der Waals surface area contributed by atoms with E-state index in [1.807, 2.05) is 30.5 Å². The molecular weight excluding hydrogens is 414 g/mol. The summed E-state index contributed by atoms with van der Waals surface area (Å²) in [5, 5.41) is 0. The van der Waals surface area contributed by atoms with Crippen LogP contribution in [0.2, 0.25) is 0 Å². The number of methoxy groups -OCH3 is 2. The van der Waals surface area contributed by atoms with Crippen LogP contribution in [0.4, 0.5) is 10.7 Å². The van der Waals surface area contributed by atoms with Gasteiger partial charge < -0.3 is 9.47 Å². The van der Waals surface area contributed by atoms with Crippen molar-refractivity contribution < 1.29 is 28.4 Å². The summed E-state index contributed by atoms with van der Waals surface area (Å²) >= 11 is 0. The van der Waals surface area contributed by atoms with Crippen molar-refractivity contribution in [1.82, 2.24) is 14.4 Å². The Morgan fingerprint density at radius 2 is 1.88 bits per heavy atom. The number of hydrogen-bond acceptors (Lipinski definition) is 6. The summed E-state index contributed by atoms with van der Waals surface area (Å²) in [5.41, 5.74) is 2.40. The molecule has 1 aromatic heterocycles. The Morgan fingerprint density at radius 1 is 1.19 bits per heavy atom. The van der Waals surface area contributed by atoms with E-state index in [1.165, 1.54) is 11.8 Å². The van der Waals surface area contributed by atoms with Crippen LogP contribution in [0.25, 0.3) is 5.69 Å². The number of amidine groups is 1. The molecule has 0 saturated carbocycles. The topological polar surface area (TPSA) is 97.3 Å². The number of ketones is 1. The highest BCUT2D eigenvalue weighted by Crippen LogP contribution is 2.37. The third kappa shape index (κ3) is 2.82. The molecule has 168 valence electrons. The van der Waals surface area contributed by atoms with Crippen molar-refractivity contribution in [3.63, 3.8) is 0 Å². The SMILES string of the molecule is COc1ccc(-n2c(C)c(C)[n+]3c2N=C2C3C(=O)N(C(C)C(C)=O)C(=O)N2C)c(OC)c1. The van der Waals surface area contributed by atoms with Crippen molar-refractivity contribution in [3.05, 3.63) is 29.6 Å². The van der Waals surface area contributed by atoms with Crippen molar-refractivity contribution in [1.29, 1.82) is 0 Å². The number of imide groups is 1. The number of aromatic nitrogens is 2. The molecule has 1 saturated heterocycles. The summed E-state index contributed by atoms with van der Waals surface area (Å²) in [5.74, 6) is 1.30. The molecule has 0 bridgehead atoms. The zero-order chi connectivity index (χ0) is 23.5. The lowest BCUT2D eigenvalue weighted by Gasteiger charge is -2.35. The average molecular weight is 440 g/mol. The van der Waals surface area contributed by atoms with Crippen LogP contribution in [0, 0.1) is 13.8 Å².